The molecule has 1 aliphatic rings. The van der Waals surface area contributed by atoms with Gasteiger partial charge in [-0.3, -0.25) is 9.59 Å². The summed E-state index contributed by atoms with van der Waals surface area (Å²) >= 11 is 0. The van der Waals surface area contributed by atoms with Gasteiger partial charge < -0.3 is 4.84 Å². The van der Waals surface area contributed by atoms with Crippen molar-refractivity contribution in [2.24, 2.45) is 0 Å². The fourth-order valence-electron chi connectivity index (χ4n) is 2.73. The van der Waals surface area contributed by atoms with Crippen molar-refractivity contribution in [3.63, 3.8) is 0 Å². The molecule has 160 valence electrons. The first kappa shape index (κ1) is 24.6. The standard InChI is InChI=1S/C24H35NO4/c1-2-3-4-5-6-7-8-9-10-11-12-13-14-15-16-17-18-19-24(28)29-25-22(26)20-21-23(25)27/h6-7,9-10,12-13,15-16H,2-5,8,11,14,17-21H2,1H3. The van der Waals surface area contributed by atoms with Crippen LogP contribution in [0, 0.1) is 0 Å². The molecule has 0 aromatic carbocycles. The van der Waals surface area contributed by atoms with Crippen LogP contribution >= 0.6 is 0 Å². The number of hydrogen-bond donors (Lipinski definition) is 0. The molecule has 1 aliphatic heterocycles. The van der Waals surface area contributed by atoms with Gasteiger partial charge >= 0.3 is 5.97 Å². The Kier molecular flexibility index (Phi) is 14.0. The molecule has 0 aromatic heterocycles. The Labute approximate surface area is 175 Å². The zero-order valence-corrected chi connectivity index (χ0v) is 17.7. The number of hydrogen-bond acceptors (Lipinski definition) is 4. The van der Waals surface area contributed by atoms with Gasteiger partial charge in [0.2, 0.25) is 0 Å². The second-order valence-electron chi connectivity index (χ2n) is 7.03. The van der Waals surface area contributed by atoms with Crippen LogP contribution in [-0.2, 0) is 19.2 Å². The molecule has 0 aliphatic carbocycles. The Balaban J connectivity index is 1.98. The van der Waals surface area contributed by atoms with Crippen LogP contribution in [0.3, 0.4) is 0 Å². The minimum absolute atomic E-state index is 0.119. The molecular weight excluding hydrogens is 366 g/mol. The molecule has 0 radical (unpaired) electrons. The predicted octanol–water partition coefficient (Wildman–Crippen LogP) is 5.74. The Morgan fingerprint density at radius 3 is 1.79 bits per heavy atom. The number of hydroxylamine groups is 2. The van der Waals surface area contributed by atoms with Crippen LogP contribution in [0.15, 0.2) is 48.6 Å². The maximum Gasteiger partial charge on any atom is 0.333 e. The second-order valence-corrected chi connectivity index (χ2v) is 7.03. The molecule has 0 atom stereocenters. The van der Waals surface area contributed by atoms with Gasteiger partial charge in [-0.15, -0.1) is 5.06 Å². The first-order chi connectivity index (χ1) is 14.1. The highest BCUT2D eigenvalue weighted by Gasteiger charge is 2.32. The molecule has 2 amide bonds. The Hall–Kier alpha value is -2.43. The fraction of sp³-hybridized carbons (Fsp3) is 0.542. The van der Waals surface area contributed by atoms with Gasteiger partial charge in [0.05, 0.1) is 0 Å². The van der Waals surface area contributed by atoms with Crippen molar-refractivity contribution in [1.82, 2.24) is 5.06 Å². The molecule has 0 bridgehead atoms. The van der Waals surface area contributed by atoms with E-state index < -0.39 is 17.8 Å². The monoisotopic (exact) mass is 401 g/mol. The smallest absolute Gasteiger partial charge is 0.330 e. The van der Waals surface area contributed by atoms with Gasteiger partial charge in [-0.2, -0.15) is 0 Å². The number of nitrogens with zero attached hydrogens (tertiary/aromatic N) is 1. The summed E-state index contributed by atoms with van der Waals surface area (Å²) in [7, 11) is 0. The molecule has 0 N–H and O–H groups in total. The van der Waals surface area contributed by atoms with E-state index in [4.69, 9.17) is 4.84 Å². The zero-order chi connectivity index (χ0) is 21.2. The van der Waals surface area contributed by atoms with Gasteiger partial charge in [-0.1, -0.05) is 68.4 Å². The van der Waals surface area contributed by atoms with Crippen molar-refractivity contribution < 1.29 is 19.2 Å². The van der Waals surface area contributed by atoms with Crippen LogP contribution in [0.5, 0.6) is 0 Å². The normalized spacial score (nSPS) is 15.1. The van der Waals surface area contributed by atoms with E-state index in [-0.39, 0.29) is 19.3 Å². The molecule has 5 heteroatoms. The van der Waals surface area contributed by atoms with E-state index in [1.54, 1.807) is 0 Å². The van der Waals surface area contributed by atoms with Gasteiger partial charge in [0, 0.05) is 19.3 Å². The number of unbranched alkanes of at least 4 members (excludes halogenated alkanes) is 4. The number of allylic oxidation sites excluding steroid dienone is 8. The quantitative estimate of drug-likeness (QED) is 0.199. The molecule has 1 fully saturated rings. The van der Waals surface area contributed by atoms with E-state index in [9.17, 15) is 14.4 Å². The molecule has 0 spiro atoms. The largest absolute Gasteiger partial charge is 0.333 e. The third-order valence-electron chi connectivity index (χ3n) is 4.41. The van der Waals surface area contributed by atoms with Crippen LogP contribution in [0.2, 0.25) is 0 Å². The SMILES string of the molecule is CCCCCC=CCC=CCC=CCC=CCCCC(=O)ON1C(=O)CCC1=O. The summed E-state index contributed by atoms with van der Waals surface area (Å²) in [5.41, 5.74) is 0. The van der Waals surface area contributed by atoms with Gasteiger partial charge in [-0.25, -0.2) is 4.79 Å². The average molecular weight is 402 g/mol. The fourth-order valence-corrected chi connectivity index (χ4v) is 2.73. The van der Waals surface area contributed by atoms with E-state index in [0.717, 1.165) is 25.7 Å². The molecule has 1 saturated heterocycles. The summed E-state index contributed by atoms with van der Waals surface area (Å²) in [6.07, 6.45) is 26.9. The average Bonchev–Trinajstić information content (AvgIpc) is 3.02. The maximum absolute atomic E-state index is 11.6. The first-order valence-electron chi connectivity index (χ1n) is 10.8. The molecule has 0 unspecified atom stereocenters. The molecule has 1 heterocycles. The van der Waals surface area contributed by atoms with Crippen LogP contribution < -0.4 is 0 Å². The lowest BCUT2D eigenvalue weighted by molar-refractivity contribution is -0.197. The summed E-state index contributed by atoms with van der Waals surface area (Å²) in [4.78, 5) is 39.2. The summed E-state index contributed by atoms with van der Waals surface area (Å²) in [5, 5.41) is 0.599. The summed E-state index contributed by atoms with van der Waals surface area (Å²) < 4.78 is 0. The number of amides is 2. The van der Waals surface area contributed by atoms with E-state index in [2.05, 4.69) is 49.5 Å². The van der Waals surface area contributed by atoms with Crippen LogP contribution in [0.25, 0.3) is 0 Å². The number of rotatable bonds is 15. The van der Waals surface area contributed by atoms with Crippen molar-refractivity contribution in [3.05, 3.63) is 48.6 Å². The molecule has 0 saturated carbocycles. The Morgan fingerprint density at radius 1 is 0.793 bits per heavy atom. The van der Waals surface area contributed by atoms with E-state index in [1.165, 1.54) is 25.7 Å². The molecule has 29 heavy (non-hydrogen) atoms. The third-order valence-corrected chi connectivity index (χ3v) is 4.41. The summed E-state index contributed by atoms with van der Waals surface area (Å²) in [5.74, 6) is -1.42. The van der Waals surface area contributed by atoms with E-state index in [0.29, 0.717) is 11.5 Å². The molecule has 1 rings (SSSR count). The van der Waals surface area contributed by atoms with Crippen molar-refractivity contribution >= 4 is 17.8 Å². The van der Waals surface area contributed by atoms with Gasteiger partial charge in [0.25, 0.3) is 11.8 Å². The van der Waals surface area contributed by atoms with Crippen molar-refractivity contribution in [1.29, 1.82) is 0 Å². The van der Waals surface area contributed by atoms with Gasteiger partial charge in [0.1, 0.15) is 0 Å². The lowest BCUT2D eigenvalue weighted by Gasteiger charge is -2.11. The Bertz CT molecular complexity index is 600. The highest BCUT2D eigenvalue weighted by Crippen LogP contribution is 2.13. The van der Waals surface area contributed by atoms with Crippen LogP contribution in [0.1, 0.15) is 84.0 Å². The van der Waals surface area contributed by atoms with Gasteiger partial charge in [-0.05, 0) is 44.9 Å². The molecule has 0 aromatic rings. The second kappa shape index (κ2) is 16.5. The third kappa shape index (κ3) is 12.6. The lowest BCUT2D eigenvalue weighted by Crippen LogP contribution is -2.31. The number of carbonyl (C=O) groups excluding carboxylic acids is 3. The highest BCUT2D eigenvalue weighted by molar-refractivity contribution is 6.01. The Morgan fingerprint density at radius 2 is 1.28 bits per heavy atom. The van der Waals surface area contributed by atoms with Gasteiger partial charge in [0.15, 0.2) is 0 Å². The minimum atomic E-state index is -0.538. The number of imide groups is 1. The summed E-state index contributed by atoms with van der Waals surface area (Å²) in [6.45, 7) is 2.22. The number of carbonyl (C=O) groups is 3. The predicted molar refractivity (Wildman–Crippen MR) is 116 cm³/mol. The van der Waals surface area contributed by atoms with Crippen molar-refractivity contribution in [3.8, 4) is 0 Å². The molecular formula is C24H35NO4. The molecule has 5 nitrogen and oxygen atoms in total. The zero-order valence-electron chi connectivity index (χ0n) is 17.7. The van der Waals surface area contributed by atoms with Crippen molar-refractivity contribution in [2.45, 2.75) is 84.0 Å². The summed E-state index contributed by atoms with van der Waals surface area (Å²) in [6, 6.07) is 0. The highest BCUT2D eigenvalue weighted by atomic mass is 16.7. The van der Waals surface area contributed by atoms with E-state index in [1.807, 2.05) is 6.08 Å². The van der Waals surface area contributed by atoms with Crippen LogP contribution in [0.4, 0.5) is 0 Å². The first-order valence-corrected chi connectivity index (χ1v) is 10.8. The topological polar surface area (TPSA) is 63.7 Å². The van der Waals surface area contributed by atoms with Crippen molar-refractivity contribution in [2.75, 3.05) is 0 Å². The maximum atomic E-state index is 11.6. The van der Waals surface area contributed by atoms with E-state index >= 15 is 0 Å². The lowest BCUT2D eigenvalue weighted by atomic mass is 10.2. The van der Waals surface area contributed by atoms with Crippen LogP contribution in [-0.4, -0.2) is 22.8 Å². The minimum Gasteiger partial charge on any atom is -0.330 e.